The third-order valence-electron chi connectivity index (χ3n) is 3.44. The van der Waals surface area contributed by atoms with Crippen molar-refractivity contribution in [1.29, 1.82) is 0 Å². The molecule has 0 saturated carbocycles. The van der Waals surface area contributed by atoms with Crippen molar-refractivity contribution in [3.8, 4) is 0 Å². The van der Waals surface area contributed by atoms with Crippen molar-refractivity contribution in [3.63, 3.8) is 0 Å². The van der Waals surface area contributed by atoms with Crippen molar-refractivity contribution >= 4 is 67.2 Å². The van der Waals surface area contributed by atoms with Crippen LogP contribution >= 0.6 is 39.7 Å². The maximum atomic E-state index is 12.5. The van der Waals surface area contributed by atoms with Crippen LogP contribution < -0.4 is 10.6 Å². The van der Waals surface area contributed by atoms with Crippen LogP contribution in [0.25, 0.3) is 10.8 Å². The van der Waals surface area contributed by atoms with Gasteiger partial charge in [-0.2, -0.15) is 0 Å². The maximum absolute atomic E-state index is 12.5. The number of amides is 1. The zero-order valence-corrected chi connectivity index (χ0v) is 15.5. The summed E-state index contributed by atoms with van der Waals surface area (Å²) < 4.78 is 0.865. The summed E-state index contributed by atoms with van der Waals surface area (Å²) in [5, 5.41) is 8.20. The summed E-state index contributed by atoms with van der Waals surface area (Å²) in [4.78, 5) is 12.5. The zero-order valence-electron chi connectivity index (χ0n) is 12.3. The molecule has 0 aliphatic rings. The van der Waals surface area contributed by atoms with Gasteiger partial charge in [-0.15, -0.1) is 0 Å². The number of fused-ring (bicyclic) bond motifs is 1. The third kappa shape index (κ3) is 3.75. The van der Waals surface area contributed by atoms with Gasteiger partial charge in [0, 0.05) is 10.0 Å². The van der Waals surface area contributed by atoms with Crippen LogP contribution in [0.5, 0.6) is 0 Å². The van der Waals surface area contributed by atoms with Gasteiger partial charge in [-0.3, -0.25) is 10.1 Å². The molecular weight excluding hydrogens is 408 g/mol. The number of thiocarbonyl (C=S) groups is 1. The van der Waals surface area contributed by atoms with E-state index in [1.807, 2.05) is 42.5 Å². The molecule has 0 aromatic heterocycles. The van der Waals surface area contributed by atoms with Crippen molar-refractivity contribution in [2.24, 2.45) is 0 Å². The summed E-state index contributed by atoms with van der Waals surface area (Å²) in [5.41, 5.74) is 1.20. The second-order valence-corrected chi connectivity index (χ2v) is 6.79. The molecule has 0 radical (unpaired) electrons. The fourth-order valence-corrected chi connectivity index (χ4v) is 3.26. The van der Waals surface area contributed by atoms with E-state index < -0.39 is 0 Å². The molecule has 6 heteroatoms. The highest BCUT2D eigenvalue weighted by Gasteiger charge is 2.12. The highest BCUT2D eigenvalue weighted by atomic mass is 79.9. The number of nitrogens with one attached hydrogen (secondary N) is 2. The lowest BCUT2D eigenvalue weighted by Gasteiger charge is -2.12. The van der Waals surface area contributed by atoms with Gasteiger partial charge in [-0.25, -0.2) is 0 Å². The second kappa shape index (κ2) is 7.30. The van der Waals surface area contributed by atoms with Crippen LogP contribution in [-0.4, -0.2) is 11.0 Å². The van der Waals surface area contributed by atoms with E-state index >= 15 is 0 Å². The molecule has 0 atom stereocenters. The van der Waals surface area contributed by atoms with E-state index in [2.05, 4.69) is 26.6 Å². The van der Waals surface area contributed by atoms with E-state index in [1.165, 1.54) is 0 Å². The quantitative estimate of drug-likeness (QED) is 0.548. The van der Waals surface area contributed by atoms with Crippen LogP contribution in [0.2, 0.25) is 5.02 Å². The van der Waals surface area contributed by atoms with Crippen LogP contribution in [-0.2, 0) is 0 Å². The summed E-state index contributed by atoms with van der Waals surface area (Å²) in [5.74, 6) is -0.266. The van der Waals surface area contributed by atoms with E-state index in [9.17, 15) is 4.79 Å². The highest BCUT2D eigenvalue weighted by molar-refractivity contribution is 9.10. The average molecular weight is 420 g/mol. The molecule has 3 nitrogen and oxygen atoms in total. The minimum Gasteiger partial charge on any atom is -0.331 e. The van der Waals surface area contributed by atoms with Gasteiger partial charge in [0.25, 0.3) is 5.91 Å². The van der Waals surface area contributed by atoms with Crippen LogP contribution in [0.15, 0.2) is 65.1 Å². The number of anilines is 1. The Morgan fingerprint density at radius 3 is 2.58 bits per heavy atom. The highest BCUT2D eigenvalue weighted by Crippen LogP contribution is 2.25. The molecule has 2 N–H and O–H groups in total. The van der Waals surface area contributed by atoms with E-state index in [-0.39, 0.29) is 11.0 Å². The lowest BCUT2D eigenvalue weighted by molar-refractivity contribution is 0.0979. The first-order valence-electron chi connectivity index (χ1n) is 7.10. The van der Waals surface area contributed by atoms with Gasteiger partial charge in [0.2, 0.25) is 0 Å². The predicted molar refractivity (Wildman–Crippen MR) is 107 cm³/mol. The number of halogens is 2. The van der Waals surface area contributed by atoms with Crippen molar-refractivity contribution in [1.82, 2.24) is 5.32 Å². The fourth-order valence-electron chi connectivity index (χ4n) is 2.34. The molecule has 3 rings (SSSR count). The smallest absolute Gasteiger partial charge is 0.258 e. The molecule has 0 aliphatic carbocycles. The van der Waals surface area contributed by atoms with Crippen molar-refractivity contribution in [2.45, 2.75) is 0 Å². The summed E-state index contributed by atoms with van der Waals surface area (Å²) in [6.45, 7) is 0. The number of rotatable bonds is 2. The largest absolute Gasteiger partial charge is 0.331 e. The van der Waals surface area contributed by atoms with Gasteiger partial charge < -0.3 is 5.32 Å². The number of hydrogen-bond donors (Lipinski definition) is 2. The van der Waals surface area contributed by atoms with Gasteiger partial charge in [0.15, 0.2) is 5.11 Å². The van der Waals surface area contributed by atoms with Crippen LogP contribution in [0.1, 0.15) is 10.4 Å². The third-order valence-corrected chi connectivity index (χ3v) is 4.45. The number of benzene rings is 3. The molecule has 0 heterocycles. The maximum Gasteiger partial charge on any atom is 0.258 e. The molecule has 3 aromatic carbocycles. The summed E-state index contributed by atoms with van der Waals surface area (Å²) in [7, 11) is 0. The Bertz CT molecular complexity index is 940. The molecule has 0 saturated heterocycles. The van der Waals surface area contributed by atoms with Gasteiger partial charge in [0.05, 0.1) is 10.7 Å². The van der Waals surface area contributed by atoms with E-state index in [1.54, 1.807) is 18.2 Å². The Balaban J connectivity index is 1.77. The van der Waals surface area contributed by atoms with Crippen molar-refractivity contribution in [3.05, 3.63) is 75.7 Å². The minimum atomic E-state index is -0.266. The van der Waals surface area contributed by atoms with Crippen LogP contribution in [0.3, 0.4) is 0 Å². The molecule has 0 unspecified atom stereocenters. The molecule has 0 fully saturated rings. The molecule has 0 spiro atoms. The lowest BCUT2D eigenvalue weighted by Crippen LogP contribution is -2.34. The molecule has 120 valence electrons. The van der Waals surface area contributed by atoms with Crippen LogP contribution in [0, 0.1) is 0 Å². The Morgan fingerprint density at radius 2 is 1.79 bits per heavy atom. The lowest BCUT2D eigenvalue weighted by atomic mass is 10.0. The Morgan fingerprint density at radius 1 is 1.04 bits per heavy atom. The molecular formula is C18H12BrClN2OS. The SMILES string of the molecule is O=C(NC(=S)Nc1ccc(Br)cc1Cl)c1cccc2ccccc12. The van der Waals surface area contributed by atoms with Gasteiger partial charge >= 0.3 is 0 Å². The van der Waals surface area contributed by atoms with Gasteiger partial charge in [0.1, 0.15) is 0 Å². The molecule has 24 heavy (non-hydrogen) atoms. The molecule has 0 bridgehead atoms. The molecule has 1 amide bonds. The topological polar surface area (TPSA) is 41.1 Å². The Labute approximate surface area is 158 Å². The number of carbonyl (C=O) groups is 1. The average Bonchev–Trinajstić information content (AvgIpc) is 2.57. The van der Waals surface area contributed by atoms with Crippen molar-refractivity contribution in [2.75, 3.05) is 5.32 Å². The summed E-state index contributed by atoms with van der Waals surface area (Å²) >= 11 is 14.7. The van der Waals surface area contributed by atoms with E-state index in [4.69, 9.17) is 23.8 Å². The predicted octanol–water partition coefficient (Wildman–Crippen LogP) is 5.38. The number of carbonyl (C=O) groups excluding carboxylic acids is 1. The second-order valence-electron chi connectivity index (χ2n) is 5.06. The normalized spacial score (nSPS) is 10.4. The summed E-state index contributed by atoms with van der Waals surface area (Å²) in [6.07, 6.45) is 0. The first-order chi connectivity index (χ1) is 11.5. The first kappa shape index (κ1) is 16.9. The summed E-state index contributed by atoms with van der Waals surface area (Å²) in [6, 6.07) is 18.7. The van der Waals surface area contributed by atoms with E-state index in [0.29, 0.717) is 16.3 Å². The van der Waals surface area contributed by atoms with Gasteiger partial charge in [-0.05, 0) is 47.3 Å². The minimum absolute atomic E-state index is 0.192. The standard InChI is InChI=1S/C18H12BrClN2OS/c19-12-8-9-16(15(20)10-12)21-18(24)22-17(23)14-7-3-5-11-4-1-2-6-13(11)14/h1-10H,(H2,21,22,23,24). The van der Waals surface area contributed by atoms with Gasteiger partial charge in [-0.1, -0.05) is 63.9 Å². The van der Waals surface area contributed by atoms with E-state index in [0.717, 1.165) is 15.2 Å². The molecule has 3 aromatic rings. The Kier molecular flexibility index (Phi) is 5.14. The Hall–Kier alpha value is -1.95. The van der Waals surface area contributed by atoms with Crippen molar-refractivity contribution < 1.29 is 4.79 Å². The fraction of sp³-hybridized carbons (Fsp3) is 0. The zero-order chi connectivity index (χ0) is 17.1. The first-order valence-corrected chi connectivity index (χ1v) is 8.67. The molecule has 0 aliphatic heterocycles. The number of hydrogen-bond acceptors (Lipinski definition) is 2. The monoisotopic (exact) mass is 418 g/mol. The van der Waals surface area contributed by atoms with Crippen LogP contribution in [0.4, 0.5) is 5.69 Å².